The largest absolute Gasteiger partial charge is 0.461 e. The molecule has 0 atom stereocenters. The maximum Gasteiger partial charge on any atom is 0.355 e. The Morgan fingerprint density at radius 3 is 2.35 bits per heavy atom. The van der Waals surface area contributed by atoms with Gasteiger partial charge in [0.15, 0.2) is 0 Å². The standard InChI is InChI=1S/C17H21NO2/c1-4-14-6-8-15(9-7-14)12-18-11-10-13(3)16(18)17(19)20-5-2/h6-11H,4-5,12H2,1-3H3. The van der Waals surface area contributed by atoms with E-state index in [9.17, 15) is 4.79 Å². The quantitative estimate of drug-likeness (QED) is 0.778. The summed E-state index contributed by atoms with van der Waals surface area (Å²) in [4.78, 5) is 12.0. The maximum absolute atomic E-state index is 12.0. The van der Waals surface area contributed by atoms with E-state index in [1.54, 1.807) is 0 Å². The molecular formula is C17H21NO2. The fraction of sp³-hybridized carbons (Fsp3) is 0.353. The molecule has 0 aliphatic rings. The number of carbonyl (C=O) groups is 1. The zero-order valence-electron chi connectivity index (χ0n) is 12.3. The molecule has 1 aromatic heterocycles. The molecule has 0 saturated heterocycles. The summed E-state index contributed by atoms with van der Waals surface area (Å²) in [5.41, 5.74) is 4.10. The molecule has 2 rings (SSSR count). The lowest BCUT2D eigenvalue weighted by Crippen LogP contribution is -2.13. The van der Waals surface area contributed by atoms with Crippen LogP contribution in [0, 0.1) is 6.92 Å². The monoisotopic (exact) mass is 271 g/mol. The summed E-state index contributed by atoms with van der Waals surface area (Å²) in [7, 11) is 0. The highest BCUT2D eigenvalue weighted by Crippen LogP contribution is 2.15. The van der Waals surface area contributed by atoms with Crippen LogP contribution in [0.5, 0.6) is 0 Å². The SMILES string of the molecule is CCOC(=O)c1c(C)ccn1Cc1ccc(CC)cc1. The number of hydrogen-bond acceptors (Lipinski definition) is 2. The third-order valence-corrected chi connectivity index (χ3v) is 3.42. The molecule has 0 aliphatic carbocycles. The van der Waals surface area contributed by atoms with Gasteiger partial charge in [-0.1, -0.05) is 31.2 Å². The van der Waals surface area contributed by atoms with E-state index in [1.165, 1.54) is 11.1 Å². The van der Waals surface area contributed by atoms with Gasteiger partial charge in [0.05, 0.1) is 6.61 Å². The van der Waals surface area contributed by atoms with Crippen molar-refractivity contribution >= 4 is 5.97 Å². The molecule has 1 heterocycles. The predicted molar refractivity (Wildman–Crippen MR) is 80.0 cm³/mol. The first-order valence-electron chi connectivity index (χ1n) is 7.06. The molecule has 0 saturated carbocycles. The number of esters is 1. The van der Waals surface area contributed by atoms with Crippen molar-refractivity contribution in [2.24, 2.45) is 0 Å². The van der Waals surface area contributed by atoms with Crippen molar-refractivity contribution in [1.82, 2.24) is 4.57 Å². The predicted octanol–water partition coefficient (Wildman–Crippen LogP) is 3.58. The molecule has 20 heavy (non-hydrogen) atoms. The summed E-state index contributed by atoms with van der Waals surface area (Å²) in [5.74, 6) is -0.250. The van der Waals surface area contributed by atoms with Crippen molar-refractivity contribution in [2.75, 3.05) is 6.61 Å². The smallest absolute Gasteiger partial charge is 0.355 e. The molecule has 0 fully saturated rings. The van der Waals surface area contributed by atoms with Crippen LogP contribution < -0.4 is 0 Å². The van der Waals surface area contributed by atoms with E-state index in [-0.39, 0.29) is 5.97 Å². The van der Waals surface area contributed by atoms with Crippen LogP contribution in [0.25, 0.3) is 0 Å². The molecule has 3 heteroatoms. The van der Waals surface area contributed by atoms with E-state index in [0.717, 1.165) is 12.0 Å². The molecule has 0 aliphatic heterocycles. The van der Waals surface area contributed by atoms with Gasteiger partial charge in [-0.2, -0.15) is 0 Å². The Morgan fingerprint density at radius 2 is 1.75 bits per heavy atom. The molecule has 0 bridgehead atoms. The summed E-state index contributed by atoms with van der Waals surface area (Å²) >= 11 is 0. The second-order valence-electron chi connectivity index (χ2n) is 4.87. The highest BCUT2D eigenvalue weighted by atomic mass is 16.5. The van der Waals surface area contributed by atoms with Crippen LogP contribution in [0.3, 0.4) is 0 Å². The van der Waals surface area contributed by atoms with Crippen molar-refractivity contribution < 1.29 is 9.53 Å². The Hall–Kier alpha value is -2.03. The summed E-state index contributed by atoms with van der Waals surface area (Å²) < 4.78 is 7.07. The van der Waals surface area contributed by atoms with Gasteiger partial charge < -0.3 is 9.30 Å². The number of hydrogen-bond donors (Lipinski definition) is 0. The van der Waals surface area contributed by atoms with Crippen molar-refractivity contribution in [1.29, 1.82) is 0 Å². The lowest BCUT2D eigenvalue weighted by atomic mass is 10.1. The number of aryl methyl sites for hydroxylation is 2. The van der Waals surface area contributed by atoms with Crippen molar-refractivity contribution in [3.63, 3.8) is 0 Å². The van der Waals surface area contributed by atoms with Crippen molar-refractivity contribution in [3.05, 3.63) is 58.9 Å². The molecule has 0 unspecified atom stereocenters. The molecule has 1 aromatic carbocycles. The van der Waals surface area contributed by atoms with Gasteiger partial charge in [-0.3, -0.25) is 0 Å². The number of aromatic nitrogens is 1. The van der Waals surface area contributed by atoms with Gasteiger partial charge in [0.2, 0.25) is 0 Å². The highest BCUT2D eigenvalue weighted by Gasteiger charge is 2.15. The van der Waals surface area contributed by atoms with E-state index in [4.69, 9.17) is 4.74 Å². The van der Waals surface area contributed by atoms with Gasteiger partial charge in [0.1, 0.15) is 5.69 Å². The van der Waals surface area contributed by atoms with Gasteiger partial charge in [0.25, 0.3) is 0 Å². The average molecular weight is 271 g/mol. The molecule has 3 nitrogen and oxygen atoms in total. The number of ether oxygens (including phenoxy) is 1. The van der Waals surface area contributed by atoms with E-state index >= 15 is 0 Å². The second-order valence-corrected chi connectivity index (χ2v) is 4.87. The Kier molecular flexibility index (Phi) is 4.61. The van der Waals surface area contributed by atoms with Crippen molar-refractivity contribution in [3.8, 4) is 0 Å². The van der Waals surface area contributed by atoms with Gasteiger partial charge in [0, 0.05) is 12.7 Å². The Morgan fingerprint density at radius 1 is 1.10 bits per heavy atom. The van der Waals surface area contributed by atoms with E-state index in [1.807, 2.05) is 30.7 Å². The topological polar surface area (TPSA) is 31.2 Å². The third kappa shape index (κ3) is 3.10. The maximum atomic E-state index is 12.0. The van der Waals surface area contributed by atoms with Crippen LogP contribution in [-0.4, -0.2) is 17.1 Å². The molecular weight excluding hydrogens is 250 g/mol. The van der Waals surface area contributed by atoms with Crippen LogP contribution in [0.1, 0.15) is 41.0 Å². The van der Waals surface area contributed by atoms with Gasteiger partial charge >= 0.3 is 5.97 Å². The summed E-state index contributed by atoms with van der Waals surface area (Å²) in [6, 6.07) is 10.4. The molecule has 0 spiro atoms. The van der Waals surface area contributed by atoms with Crippen LogP contribution in [0.4, 0.5) is 0 Å². The molecule has 106 valence electrons. The van der Waals surface area contributed by atoms with Crippen LogP contribution in [-0.2, 0) is 17.7 Å². The first-order valence-corrected chi connectivity index (χ1v) is 7.06. The molecule has 0 amide bonds. The number of benzene rings is 1. The Bertz CT molecular complexity index is 582. The van der Waals surface area contributed by atoms with Gasteiger partial charge in [-0.05, 0) is 43.0 Å². The molecule has 0 N–H and O–H groups in total. The van der Waals surface area contributed by atoms with Gasteiger partial charge in [-0.25, -0.2) is 4.79 Å². The van der Waals surface area contributed by atoms with Crippen molar-refractivity contribution in [2.45, 2.75) is 33.7 Å². The van der Waals surface area contributed by atoms with E-state index in [2.05, 4.69) is 31.2 Å². The summed E-state index contributed by atoms with van der Waals surface area (Å²) in [6.07, 6.45) is 2.98. The number of carbonyl (C=O) groups excluding carboxylic acids is 1. The minimum absolute atomic E-state index is 0.250. The zero-order chi connectivity index (χ0) is 14.5. The average Bonchev–Trinajstić information content (AvgIpc) is 2.81. The summed E-state index contributed by atoms with van der Waals surface area (Å²) in [6.45, 7) is 6.98. The Balaban J connectivity index is 2.22. The fourth-order valence-electron chi connectivity index (χ4n) is 2.27. The van der Waals surface area contributed by atoms with E-state index < -0.39 is 0 Å². The lowest BCUT2D eigenvalue weighted by molar-refractivity contribution is 0.0513. The highest BCUT2D eigenvalue weighted by molar-refractivity contribution is 5.89. The first kappa shape index (κ1) is 14.4. The lowest BCUT2D eigenvalue weighted by Gasteiger charge is -2.10. The van der Waals surface area contributed by atoms with Crippen LogP contribution in [0.15, 0.2) is 36.5 Å². The fourth-order valence-corrected chi connectivity index (χ4v) is 2.27. The van der Waals surface area contributed by atoms with E-state index in [0.29, 0.717) is 18.8 Å². The third-order valence-electron chi connectivity index (χ3n) is 3.42. The van der Waals surface area contributed by atoms with Gasteiger partial charge in [-0.15, -0.1) is 0 Å². The Labute approximate surface area is 120 Å². The minimum atomic E-state index is -0.250. The van der Waals surface area contributed by atoms with Crippen LogP contribution >= 0.6 is 0 Å². The van der Waals surface area contributed by atoms with Crippen LogP contribution in [0.2, 0.25) is 0 Å². The zero-order valence-corrected chi connectivity index (χ0v) is 12.3. The molecule has 0 radical (unpaired) electrons. The summed E-state index contributed by atoms with van der Waals surface area (Å²) in [5, 5.41) is 0. The minimum Gasteiger partial charge on any atom is -0.461 e. The molecule has 2 aromatic rings. The first-order chi connectivity index (χ1) is 9.65. The second kappa shape index (κ2) is 6.42. The number of nitrogens with zero attached hydrogens (tertiary/aromatic N) is 1. The normalized spacial score (nSPS) is 10.6. The number of rotatable bonds is 5.